The minimum Gasteiger partial charge on any atom is -0.497 e. The van der Waals surface area contributed by atoms with Crippen molar-refractivity contribution < 1.29 is 13.9 Å². The molecule has 3 aromatic rings. The van der Waals surface area contributed by atoms with Crippen molar-refractivity contribution in [2.24, 2.45) is 0 Å². The second kappa shape index (κ2) is 8.31. The molecule has 0 fully saturated rings. The van der Waals surface area contributed by atoms with Crippen molar-refractivity contribution in [3.05, 3.63) is 66.7 Å². The van der Waals surface area contributed by atoms with Crippen molar-refractivity contribution in [1.29, 1.82) is 0 Å². The number of methoxy groups -OCH3 is 1. The zero-order chi connectivity index (χ0) is 18.4. The molecule has 0 bridgehead atoms. The number of nitrogens with zero attached hydrogens (tertiary/aromatic N) is 2. The fourth-order valence-corrected chi connectivity index (χ4v) is 2.55. The van der Waals surface area contributed by atoms with E-state index in [4.69, 9.17) is 9.15 Å². The molecule has 1 heterocycles. The first-order chi connectivity index (χ1) is 12.6. The number of carbonyl (C=O) groups is 1. The maximum atomic E-state index is 12.2. The van der Waals surface area contributed by atoms with Gasteiger partial charge in [-0.1, -0.05) is 36.4 Å². The summed E-state index contributed by atoms with van der Waals surface area (Å²) in [4.78, 5) is 18.3. The number of ether oxygens (including phenoxy) is 1. The molecule has 0 aliphatic rings. The van der Waals surface area contributed by atoms with Gasteiger partial charge in [0.2, 0.25) is 11.8 Å². The van der Waals surface area contributed by atoms with Gasteiger partial charge in [0.25, 0.3) is 0 Å². The molecular weight excluding hydrogens is 330 g/mol. The maximum absolute atomic E-state index is 12.2. The fraction of sp³-hybridized carbons (Fsp3) is 0.200. The van der Waals surface area contributed by atoms with E-state index in [1.165, 1.54) is 0 Å². The highest BCUT2D eigenvalue weighted by Crippen LogP contribution is 2.20. The predicted molar refractivity (Wildman–Crippen MR) is 99.9 cm³/mol. The average Bonchev–Trinajstić information content (AvgIpc) is 3.10. The molecule has 0 spiro atoms. The van der Waals surface area contributed by atoms with Gasteiger partial charge in [-0.25, -0.2) is 4.98 Å². The summed E-state index contributed by atoms with van der Waals surface area (Å²) in [5.41, 5.74) is 1.68. The van der Waals surface area contributed by atoms with Crippen LogP contribution in [0.3, 0.4) is 0 Å². The molecule has 134 valence electrons. The van der Waals surface area contributed by atoms with Gasteiger partial charge in [0.15, 0.2) is 5.76 Å². The molecule has 0 radical (unpaired) electrons. The standard InChI is InChI=1S/C20H21N3O3/c1-23(13-19(24)22-16-9-6-10-17(11-16)25-2)14-20-21-12-18(26-20)15-7-4-3-5-8-15/h3-12H,13-14H2,1-2H3,(H,22,24). The van der Waals surface area contributed by atoms with Crippen molar-refractivity contribution in [1.82, 2.24) is 9.88 Å². The lowest BCUT2D eigenvalue weighted by atomic mass is 10.2. The minimum atomic E-state index is -0.115. The lowest BCUT2D eigenvalue weighted by molar-refractivity contribution is -0.117. The number of likely N-dealkylation sites (N-methyl/N-ethyl adjacent to an activating group) is 1. The molecule has 26 heavy (non-hydrogen) atoms. The third-order valence-electron chi connectivity index (χ3n) is 3.78. The van der Waals surface area contributed by atoms with Crippen LogP contribution in [0.25, 0.3) is 11.3 Å². The topological polar surface area (TPSA) is 67.6 Å². The van der Waals surface area contributed by atoms with E-state index in [0.717, 1.165) is 11.3 Å². The second-order valence-electron chi connectivity index (χ2n) is 5.94. The van der Waals surface area contributed by atoms with Crippen LogP contribution in [0.2, 0.25) is 0 Å². The maximum Gasteiger partial charge on any atom is 0.238 e. The number of aromatic nitrogens is 1. The van der Waals surface area contributed by atoms with Gasteiger partial charge < -0.3 is 14.5 Å². The summed E-state index contributed by atoms with van der Waals surface area (Å²) in [6, 6.07) is 17.0. The molecule has 0 saturated heterocycles. The van der Waals surface area contributed by atoms with Crippen LogP contribution in [0.5, 0.6) is 5.75 Å². The van der Waals surface area contributed by atoms with Crippen molar-refractivity contribution in [2.45, 2.75) is 6.54 Å². The first-order valence-corrected chi connectivity index (χ1v) is 8.26. The Morgan fingerprint density at radius 2 is 2.00 bits per heavy atom. The minimum absolute atomic E-state index is 0.115. The van der Waals surface area contributed by atoms with Gasteiger partial charge in [0.05, 0.1) is 26.4 Å². The summed E-state index contributed by atoms with van der Waals surface area (Å²) < 4.78 is 10.9. The first-order valence-electron chi connectivity index (χ1n) is 8.26. The van der Waals surface area contributed by atoms with Crippen LogP contribution in [0.15, 0.2) is 65.2 Å². The number of oxazole rings is 1. The SMILES string of the molecule is COc1cccc(NC(=O)CN(C)Cc2ncc(-c3ccccc3)o2)c1. The number of benzene rings is 2. The molecule has 1 aromatic heterocycles. The predicted octanol–water partition coefficient (Wildman–Crippen LogP) is 3.42. The van der Waals surface area contributed by atoms with Crippen LogP contribution >= 0.6 is 0 Å². The normalized spacial score (nSPS) is 10.7. The molecule has 3 rings (SSSR count). The summed E-state index contributed by atoms with van der Waals surface area (Å²) in [5, 5.41) is 2.85. The van der Waals surface area contributed by atoms with E-state index < -0.39 is 0 Å². The number of anilines is 1. The average molecular weight is 351 g/mol. The zero-order valence-electron chi connectivity index (χ0n) is 14.8. The van der Waals surface area contributed by atoms with Crippen molar-refractivity contribution in [3.8, 4) is 17.1 Å². The smallest absolute Gasteiger partial charge is 0.238 e. The van der Waals surface area contributed by atoms with E-state index in [1.54, 1.807) is 19.4 Å². The number of amides is 1. The van der Waals surface area contributed by atoms with Gasteiger partial charge >= 0.3 is 0 Å². The fourth-order valence-electron chi connectivity index (χ4n) is 2.55. The highest BCUT2D eigenvalue weighted by atomic mass is 16.5. The molecular formula is C20H21N3O3. The lowest BCUT2D eigenvalue weighted by Gasteiger charge is -2.14. The molecule has 1 amide bonds. The Hall–Kier alpha value is -3.12. The molecule has 1 N–H and O–H groups in total. The van der Waals surface area contributed by atoms with Crippen molar-refractivity contribution >= 4 is 11.6 Å². The van der Waals surface area contributed by atoms with E-state index in [1.807, 2.05) is 60.5 Å². The number of hydrogen-bond donors (Lipinski definition) is 1. The summed E-state index contributed by atoms with van der Waals surface area (Å²) >= 11 is 0. The largest absolute Gasteiger partial charge is 0.497 e. The molecule has 0 unspecified atom stereocenters. The van der Waals surface area contributed by atoms with Crippen LogP contribution in [0.4, 0.5) is 5.69 Å². The van der Waals surface area contributed by atoms with Gasteiger partial charge in [-0.2, -0.15) is 0 Å². The van der Waals surface area contributed by atoms with Crippen molar-refractivity contribution in [2.75, 3.05) is 26.0 Å². The lowest BCUT2D eigenvalue weighted by Crippen LogP contribution is -2.29. The van der Waals surface area contributed by atoms with E-state index in [-0.39, 0.29) is 12.5 Å². The van der Waals surface area contributed by atoms with Crippen molar-refractivity contribution in [3.63, 3.8) is 0 Å². The van der Waals surface area contributed by atoms with Crippen LogP contribution < -0.4 is 10.1 Å². The zero-order valence-corrected chi connectivity index (χ0v) is 14.8. The molecule has 6 heteroatoms. The molecule has 0 atom stereocenters. The van der Waals surface area contributed by atoms with E-state index in [2.05, 4.69) is 10.3 Å². The van der Waals surface area contributed by atoms with E-state index >= 15 is 0 Å². The third-order valence-corrected chi connectivity index (χ3v) is 3.78. The van der Waals surface area contributed by atoms with Gasteiger partial charge in [0, 0.05) is 17.3 Å². The first kappa shape index (κ1) is 17.7. The summed E-state index contributed by atoms with van der Waals surface area (Å²) in [6.07, 6.45) is 1.70. The van der Waals surface area contributed by atoms with Gasteiger partial charge in [0.1, 0.15) is 5.75 Å². The monoisotopic (exact) mass is 351 g/mol. The Kier molecular flexibility index (Phi) is 5.66. The Balaban J connectivity index is 1.54. The Morgan fingerprint density at radius 1 is 1.19 bits per heavy atom. The summed E-state index contributed by atoms with van der Waals surface area (Å²) in [5.74, 6) is 1.87. The Bertz CT molecular complexity index is 862. The second-order valence-corrected chi connectivity index (χ2v) is 5.94. The summed E-state index contributed by atoms with van der Waals surface area (Å²) in [6.45, 7) is 0.665. The number of nitrogens with one attached hydrogen (secondary N) is 1. The summed E-state index contributed by atoms with van der Waals surface area (Å²) in [7, 11) is 3.44. The van der Waals surface area contributed by atoms with Gasteiger partial charge in [-0.15, -0.1) is 0 Å². The Labute approximate surface area is 152 Å². The van der Waals surface area contributed by atoms with Crippen LogP contribution in [0, 0.1) is 0 Å². The van der Waals surface area contributed by atoms with Gasteiger partial charge in [-0.05, 0) is 19.2 Å². The molecule has 0 aliphatic heterocycles. The third kappa shape index (κ3) is 4.70. The van der Waals surface area contributed by atoms with Crippen LogP contribution in [-0.4, -0.2) is 36.5 Å². The van der Waals surface area contributed by atoms with E-state index in [0.29, 0.717) is 23.9 Å². The molecule has 6 nitrogen and oxygen atoms in total. The Morgan fingerprint density at radius 3 is 2.77 bits per heavy atom. The van der Waals surface area contributed by atoms with E-state index in [9.17, 15) is 4.79 Å². The molecule has 0 saturated carbocycles. The number of hydrogen-bond acceptors (Lipinski definition) is 5. The molecule has 0 aliphatic carbocycles. The van der Waals surface area contributed by atoms with Crippen LogP contribution in [-0.2, 0) is 11.3 Å². The van der Waals surface area contributed by atoms with Crippen LogP contribution in [0.1, 0.15) is 5.89 Å². The molecule has 2 aromatic carbocycles. The highest BCUT2D eigenvalue weighted by Gasteiger charge is 2.12. The van der Waals surface area contributed by atoms with Gasteiger partial charge in [-0.3, -0.25) is 9.69 Å². The highest BCUT2D eigenvalue weighted by molar-refractivity contribution is 5.92. The number of rotatable bonds is 7. The number of carbonyl (C=O) groups excluding carboxylic acids is 1. The quantitative estimate of drug-likeness (QED) is 0.706.